The normalized spacial score (nSPS) is 19.5. The molecule has 2 aliphatic rings. The second kappa shape index (κ2) is 12.8. The lowest BCUT2D eigenvalue weighted by Gasteiger charge is -2.39. The van der Waals surface area contributed by atoms with Gasteiger partial charge in [-0.25, -0.2) is 22.7 Å². The Morgan fingerprint density at radius 1 is 1.32 bits per heavy atom. The number of rotatable bonds is 12. The molecule has 1 aliphatic heterocycles. The van der Waals surface area contributed by atoms with E-state index in [0.717, 1.165) is 59.9 Å². The average Bonchev–Trinajstić information content (AvgIpc) is 3.48. The summed E-state index contributed by atoms with van der Waals surface area (Å²) in [5.41, 5.74) is 3.78. The average molecular weight is 622 g/mol. The van der Waals surface area contributed by atoms with Crippen LogP contribution in [-0.4, -0.2) is 66.4 Å². The predicted octanol–water partition coefficient (Wildman–Crippen LogP) is 3.15. The monoisotopic (exact) mass is 621 g/mol. The molecule has 0 bridgehead atoms. The lowest BCUT2D eigenvalue weighted by molar-refractivity contribution is -0.148. The SMILES string of the molecule is CSCCC(NCc1cc2c(cc1F)CC(N1CCC1)C2Cc1cccc(Cl)c1)C(=O)On1cc(S(N)(=O)=O)cn1. The van der Waals surface area contributed by atoms with Crippen LogP contribution in [0, 0.1) is 5.82 Å². The van der Waals surface area contributed by atoms with Crippen LogP contribution in [0.2, 0.25) is 5.02 Å². The third kappa shape index (κ3) is 7.12. The Kier molecular flexibility index (Phi) is 9.37. The quantitative estimate of drug-likeness (QED) is 0.317. The van der Waals surface area contributed by atoms with Crippen molar-refractivity contribution in [2.75, 3.05) is 25.1 Å². The molecular weight excluding hydrogens is 589 g/mol. The number of aromatic nitrogens is 2. The van der Waals surface area contributed by atoms with Crippen LogP contribution in [0.25, 0.3) is 0 Å². The molecule has 9 nitrogen and oxygen atoms in total. The van der Waals surface area contributed by atoms with Gasteiger partial charge in [0.1, 0.15) is 16.8 Å². The van der Waals surface area contributed by atoms with Gasteiger partial charge in [-0.2, -0.15) is 11.8 Å². The lowest BCUT2D eigenvalue weighted by Crippen LogP contribution is -2.47. The zero-order valence-electron chi connectivity index (χ0n) is 22.6. The second-order valence-electron chi connectivity index (χ2n) is 10.5. The minimum atomic E-state index is -3.99. The molecule has 1 saturated heterocycles. The maximum Gasteiger partial charge on any atom is 0.351 e. The number of nitrogens with zero attached hydrogens (tertiary/aromatic N) is 3. The molecule has 3 atom stereocenters. The highest BCUT2D eigenvalue weighted by atomic mass is 35.5. The first kappa shape index (κ1) is 30.0. The molecule has 3 aromatic rings. The third-order valence-electron chi connectivity index (χ3n) is 7.79. The molecule has 41 heavy (non-hydrogen) atoms. The highest BCUT2D eigenvalue weighted by molar-refractivity contribution is 7.98. The van der Waals surface area contributed by atoms with E-state index in [9.17, 15) is 13.2 Å². The standard InChI is InChI=1S/C28H33ClFN5O4S2/c1-40-9-6-26(28(36)39-35-17-22(16-33-35)41(31,37)38)32-15-20-12-23-19(13-25(20)30)14-27(34-7-3-8-34)24(23)11-18-4-2-5-21(29)10-18/h2,4-5,10,12-13,16-17,24,26-27,32H,3,6-9,11,14-15H2,1H3,(H2,31,37,38). The van der Waals surface area contributed by atoms with Crippen molar-refractivity contribution < 1.29 is 22.4 Å². The van der Waals surface area contributed by atoms with E-state index in [1.165, 1.54) is 6.42 Å². The van der Waals surface area contributed by atoms with Crippen LogP contribution in [0.15, 0.2) is 53.7 Å². The van der Waals surface area contributed by atoms with E-state index in [0.29, 0.717) is 28.8 Å². The van der Waals surface area contributed by atoms with Crippen molar-refractivity contribution >= 4 is 39.4 Å². The van der Waals surface area contributed by atoms with Gasteiger partial charge in [0.15, 0.2) is 0 Å². The summed E-state index contributed by atoms with van der Waals surface area (Å²) in [4.78, 5) is 21.2. The molecule has 3 unspecified atom stereocenters. The van der Waals surface area contributed by atoms with Crippen LogP contribution in [-0.2, 0) is 34.2 Å². The fourth-order valence-corrected chi connectivity index (χ4v) is 6.66. The van der Waals surface area contributed by atoms with Crippen LogP contribution >= 0.6 is 23.4 Å². The Morgan fingerprint density at radius 2 is 2.12 bits per heavy atom. The van der Waals surface area contributed by atoms with Gasteiger partial charge in [0.05, 0.1) is 12.4 Å². The molecule has 0 amide bonds. The van der Waals surface area contributed by atoms with Crippen molar-refractivity contribution in [3.05, 3.63) is 81.9 Å². The van der Waals surface area contributed by atoms with Gasteiger partial charge < -0.3 is 10.2 Å². The summed E-state index contributed by atoms with van der Waals surface area (Å²) >= 11 is 7.83. The van der Waals surface area contributed by atoms with E-state index < -0.39 is 22.0 Å². The van der Waals surface area contributed by atoms with Crippen molar-refractivity contribution in [2.45, 2.75) is 55.1 Å². The summed E-state index contributed by atoms with van der Waals surface area (Å²) in [6.07, 6.45) is 7.15. The number of nitrogens with two attached hydrogens (primary N) is 1. The molecule has 0 spiro atoms. The number of primary sulfonamides is 1. The molecule has 2 aromatic carbocycles. The Balaban J connectivity index is 1.33. The Morgan fingerprint density at radius 3 is 2.78 bits per heavy atom. The Labute approximate surface area is 248 Å². The molecular formula is C28H33ClFN5O4S2. The van der Waals surface area contributed by atoms with E-state index in [-0.39, 0.29) is 23.2 Å². The van der Waals surface area contributed by atoms with Gasteiger partial charge in [-0.05, 0) is 85.7 Å². The van der Waals surface area contributed by atoms with Crippen molar-refractivity contribution in [3.63, 3.8) is 0 Å². The highest BCUT2D eigenvalue weighted by Crippen LogP contribution is 2.41. The molecule has 1 fully saturated rings. The smallest absolute Gasteiger partial charge is 0.318 e. The summed E-state index contributed by atoms with van der Waals surface area (Å²) in [7, 11) is -3.99. The Hall–Kier alpha value is -2.48. The number of carbonyl (C=O) groups is 1. The molecule has 220 valence electrons. The fourth-order valence-electron chi connectivity index (χ4n) is 5.54. The number of thioether (sulfide) groups is 1. The molecule has 1 aromatic heterocycles. The maximum absolute atomic E-state index is 15.4. The van der Waals surface area contributed by atoms with Crippen molar-refractivity contribution in [1.82, 2.24) is 20.2 Å². The van der Waals surface area contributed by atoms with E-state index in [2.05, 4.69) is 21.4 Å². The minimum absolute atomic E-state index is 0.118. The van der Waals surface area contributed by atoms with Gasteiger partial charge >= 0.3 is 5.97 Å². The first-order chi connectivity index (χ1) is 19.6. The summed E-state index contributed by atoms with van der Waals surface area (Å²) in [6, 6.07) is 11.0. The minimum Gasteiger partial charge on any atom is -0.318 e. The zero-order chi connectivity index (χ0) is 29.1. The molecule has 5 rings (SSSR count). The molecule has 13 heteroatoms. The van der Waals surface area contributed by atoms with Crippen LogP contribution in [0.3, 0.4) is 0 Å². The number of fused-ring (bicyclic) bond motifs is 1. The van der Waals surface area contributed by atoms with E-state index in [4.69, 9.17) is 21.6 Å². The van der Waals surface area contributed by atoms with Gasteiger partial charge in [0.2, 0.25) is 10.0 Å². The molecule has 2 heterocycles. The van der Waals surface area contributed by atoms with E-state index >= 15 is 4.39 Å². The number of likely N-dealkylation sites (tertiary alicyclic amines) is 1. The summed E-state index contributed by atoms with van der Waals surface area (Å²) in [6.45, 7) is 2.22. The van der Waals surface area contributed by atoms with Crippen molar-refractivity contribution in [2.24, 2.45) is 5.14 Å². The van der Waals surface area contributed by atoms with Gasteiger partial charge in [-0.1, -0.05) is 34.6 Å². The first-order valence-electron chi connectivity index (χ1n) is 13.4. The van der Waals surface area contributed by atoms with Gasteiger partial charge in [0, 0.05) is 29.1 Å². The molecule has 1 aliphatic carbocycles. The number of halogens is 2. The van der Waals surface area contributed by atoms with Crippen molar-refractivity contribution in [1.29, 1.82) is 0 Å². The number of carbonyl (C=O) groups excluding carboxylic acids is 1. The number of hydrogen-bond acceptors (Lipinski definition) is 8. The maximum atomic E-state index is 15.4. The van der Waals surface area contributed by atoms with E-state index in [1.54, 1.807) is 17.8 Å². The van der Waals surface area contributed by atoms with Crippen LogP contribution in [0.1, 0.15) is 41.0 Å². The van der Waals surface area contributed by atoms with Gasteiger partial charge in [-0.15, -0.1) is 5.10 Å². The largest absolute Gasteiger partial charge is 0.351 e. The molecule has 0 radical (unpaired) electrons. The zero-order valence-corrected chi connectivity index (χ0v) is 25.0. The Bertz CT molecular complexity index is 1510. The fraction of sp³-hybridized carbons (Fsp3) is 0.429. The third-order valence-corrected chi connectivity index (χ3v) is 9.54. The van der Waals surface area contributed by atoms with Gasteiger partial charge in [-0.3, -0.25) is 4.90 Å². The van der Waals surface area contributed by atoms with Gasteiger partial charge in [0.25, 0.3) is 0 Å². The highest BCUT2D eigenvalue weighted by Gasteiger charge is 2.39. The van der Waals surface area contributed by atoms with E-state index in [1.807, 2.05) is 30.5 Å². The molecule has 3 N–H and O–H groups in total. The first-order valence-corrected chi connectivity index (χ1v) is 16.8. The summed E-state index contributed by atoms with van der Waals surface area (Å²) in [5.74, 6) is -0.126. The van der Waals surface area contributed by atoms with Crippen LogP contribution < -0.4 is 15.3 Å². The topological polar surface area (TPSA) is 120 Å². The number of nitrogens with one attached hydrogen (secondary N) is 1. The summed E-state index contributed by atoms with van der Waals surface area (Å²) in [5, 5.41) is 12.7. The second-order valence-corrected chi connectivity index (χ2v) is 13.5. The number of hydrogen-bond donors (Lipinski definition) is 2. The van der Waals surface area contributed by atoms with Crippen LogP contribution in [0.5, 0.6) is 0 Å². The number of sulfonamides is 1. The lowest BCUT2D eigenvalue weighted by atomic mass is 9.88. The number of benzene rings is 2. The molecule has 0 saturated carbocycles. The van der Waals surface area contributed by atoms with Crippen molar-refractivity contribution in [3.8, 4) is 0 Å². The predicted molar refractivity (Wildman–Crippen MR) is 157 cm³/mol. The van der Waals surface area contributed by atoms with Crippen LogP contribution in [0.4, 0.5) is 4.39 Å². The summed E-state index contributed by atoms with van der Waals surface area (Å²) < 4.78 is 38.4.